The Morgan fingerprint density at radius 1 is 1.50 bits per heavy atom. The molecule has 1 nitrogen and oxygen atoms in total. The van der Waals surface area contributed by atoms with E-state index in [1.807, 2.05) is 11.8 Å². The fourth-order valence-corrected chi connectivity index (χ4v) is 1.20. The molecule has 0 saturated heterocycles. The maximum atomic E-state index is 3.86. The van der Waals surface area contributed by atoms with Gasteiger partial charge in [0.1, 0.15) is 0 Å². The highest BCUT2D eigenvalue weighted by molar-refractivity contribution is 7.99. The van der Waals surface area contributed by atoms with E-state index in [2.05, 4.69) is 32.0 Å². The van der Waals surface area contributed by atoms with E-state index >= 15 is 0 Å². The Kier molecular flexibility index (Phi) is 7.72. The molecule has 1 N–H and O–H groups in total. The smallest absolute Gasteiger partial charge is 0.00280 e. The Bertz CT molecular complexity index is 123. The van der Waals surface area contributed by atoms with Crippen LogP contribution in [0.3, 0.4) is 0 Å². The summed E-state index contributed by atoms with van der Waals surface area (Å²) in [5.74, 6) is 0. The predicted octanol–water partition coefficient (Wildman–Crippen LogP) is 2.68. The molecule has 0 spiro atoms. The van der Waals surface area contributed by atoms with Gasteiger partial charge in [-0.3, -0.25) is 0 Å². The van der Waals surface area contributed by atoms with E-state index in [1.165, 1.54) is 12.0 Å². The molecule has 0 aliphatic rings. The molecule has 0 aromatic carbocycles. The molecule has 0 fully saturated rings. The monoisotopic (exact) mass is 187 g/mol. The van der Waals surface area contributed by atoms with E-state index in [1.54, 1.807) is 0 Å². The van der Waals surface area contributed by atoms with Gasteiger partial charge >= 0.3 is 0 Å². The van der Waals surface area contributed by atoms with Crippen molar-refractivity contribution in [2.45, 2.75) is 31.9 Å². The van der Waals surface area contributed by atoms with Crippen LogP contribution in [0, 0.1) is 0 Å². The van der Waals surface area contributed by atoms with E-state index in [4.69, 9.17) is 0 Å². The average Bonchev–Trinajstić information content (AvgIpc) is 2.03. The molecule has 0 aliphatic carbocycles. The van der Waals surface area contributed by atoms with E-state index in [0.717, 1.165) is 24.8 Å². The highest BCUT2D eigenvalue weighted by atomic mass is 32.2. The Labute approximate surface area is 81.0 Å². The summed E-state index contributed by atoms with van der Waals surface area (Å²) in [6.07, 6.45) is 4.53. The summed E-state index contributed by atoms with van der Waals surface area (Å²) >= 11 is 1.93. The van der Waals surface area contributed by atoms with Crippen molar-refractivity contribution in [2.24, 2.45) is 0 Å². The summed E-state index contributed by atoms with van der Waals surface area (Å²) < 4.78 is 0. The zero-order valence-corrected chi connectivity index (χ0v) is 9.34. The minimum atomic E-state index is 0.780. The van der Waals surface area contributed by atoms with E-state index in [9.17, 15) is 0 Å². The third-order valence-electron chi connectivity index (χ3n) is 1.86. The molecule has 0 radical (unpaired) electrons. The molecule has 2 heteroatoms. The molecule has 0 aliphatic heterocycles. The van der Waals surface area contributed by atoms with Crippen molar-refractivity contribution in [3.05, 3.63) is 12.2 Å². The Balaban J connectivity index is 3.05. The van der Waals surface area contributed by atoms with Crippen LogP contribution in [0.25, 0.3) is 0 Å². The van der Waals surface area contributed by atoms with Crippen molar-refractivity contribution in [1.29, 1.82) is 0 Å². The molecule has 12 heavy (non-hydrogen) atoms. The summed E-state index contributed by atoms with van der Waals surface area (Å²) in [5.41, 5.74) is 1.26. The summed E-state index contributed by atoms with van der Waals surface area (Å²) in [4.78, 5) is 0. The fourth-order valence-electron chi connectivity index (χ4n) is 0.850. The van der Waals surface area contributed by atoms with Gasteiger partial charge in [-0.25, -0.2) is 0 Å². The van der Waals surface area contributed by atoms with Gasteiger partial charge in [0.2, 0.25) is 0 Å². The second-order valence-corrected chi connectivity index (χ2v) is 4.57. The first kappa shape index (κ1) is 12.0. The van der Waals surface area contributed by atoms with Crippen LogP contribution in [0.4, 0.5) is 0 Å². The van der Waals surface area contributed by atoms with Crippen molar-refractivity contribution >= 4 is 11.8 Å². The topological polar surface area (TPSA) is 12.0 Å². The Hall–Kier alpha value is 0.0500. The maximum absolute atomic E-state index is 3.86. The van der Waals surface area contributed by atoms with Crippen LogP contribution in [-0.2, 0) is 0 Å². The molecule has 0 heterocycles. The molecule has 0 rings (SSSR count). The first-order valence-corrected chi connectivity index (χ1v) is 5.83. The van der Waals surface area contributed by atoms with Crippen LogP contribution in [0.1, 0.15) is 26.7 Å². The molecule has 0 amide bonds. The molecular formula is C10H21NS. The first-order chi connectivity index (χ1) is 5.66. The number of nitrogens with one attached hydrogen (secondary N) is 1. The van der Waals surface area contributed by atoms with Crippen LogP contribution in [0.15, 0.2) is 12.2 Å². The SMILES string of the molecule is C=C(C)CCNCCC(C)SC. The third-order valence-corrected chi connectivity index (χ3v) is 2.90. The van der Waals surface area contributed by atoms with Crippen molar-refractivity contribution in [3.63, 3.8) is 0 Å². The van der Waals surface area contributed by atoms with Crippen LogP contribution in [0.5, 0.6) is 0 Å². The molecular weight excluding hydrogens is 166 g/mol. The summed E-state index contributed by atoms with van der Waals surface area (Å²) in [6, 6.07) is 0. The second-order valence-electron chi connectivity index (χ2n) is 3.29. The lowest BCUT2D eigenvalue weighted by atomic mass is 10.2. The van der Waals surface area contributed by atoms with E-state index in [-0.39, 0.29) is 0 Å². The summed E-state index contributed by atoms with van der Waals surface area (Å²) in [6.45, 7) is 10.4. The van der Waals surface area contributed by atoms with Crippen molar-refractivity contribution in [2.75, 3.05) is 19.3 Å². The van der Waals surface area contributed by atoms with Gasteiger partial charge in [0.25, 0.3) is 0 Å². The van der Waals surface area contributed by atoms with Gasteiger partial charge in [0.15, 0.2) is 0 Å². The van der Waals surface area contributed by atoms with Gasteiger partial charge in [-0.15, -0.1) is 6.58 Å². The molecule has 72 valence electrons. The number of thioether (sulfide) groups is 1. The predicted molar refractivity (Wildman–Crippen MR) is 59.9 cm³/mol. The van der Waals surface area contributed by atoms with Gasteiger partial charge in [-0.05, 0) is 39.1 Å². The number of hydrogen-bond donors (Lipinski definition) is 1. The maximum Gasteiger partial charge on any atom is 0.00280 e. The Morgan fingerprint density at radius 3 is 2.67 bits per heavy atom. The first-order valence-electron chi connectivity index (χ1n) is 4.54. The largest absolute Gasteiger partial charge is 0.316 e. The highest BCUT2D eigenvalue weighted by Crippen LogP contribution is 2.07. The van der Waals surface area contributed by atoms with Crippen LogP contribution in [0.2, 0.25) is 0 Å². The second kappa shape index (κ2) is 7.69. The third kappa shape index (κ3) is 8.15. The zero-order chi connectivity index (χ0) is 9.40. The van der Waals surface area contributed by atoms with Gasteiger partial charge < -0.3 is 5.32 Å². The quantitative estimate of drug-likeness (QED) is 0.486. The minimum absolute atomic E-state index is 0.780. The fraction of sp³-hybridized carbons (Fsp3) is 0.800. The zero-order valence-electron chi connectivity index (χ0n) is 8.52. The van der Waals surface area contributed by atoms with Crippen LogP contribution in [-0.4, -0.2) is 24.6 Å². The number of rotatable bonds is 7. The molecule has 0 bridgehead atoms. The minimum Gasteiger partial charge on any atom is -0.316 e. The van der Waals surface area contributed by atoms with Crippen molar-refractivity contribution in [1.82, 2.24) is 5.32 Å². The molecule has 1 unspecified atom stereocenters. The molecule has 1 atom stereocenters. The lowest BCUT2D eigenvalue weighted by Gasteiger charge is -2.08. The lowest BCUT2D eigenvalue weighted by Crippen LogP contribution is -2.19. The molecule has 0 saturated carbocycles. The van der Waals surface area contributed by atoms with Gasteiger partial charge in [-0.2, -0.15) is 11.8 Å². The van der Waals surface area contributed by atoms with E-state index < -0.39 is 0 Å². The normalized spacial score (nSPS) is 12.9. The standard InChI is InChI=1S/C10H21NS/c1-9(2)5-7-11-8-6-10(3)12-4/h10-11H,1,5-8H2,2-4H3. The lowest BCUT2D eigenvalue weighted by molar-refractivity contribution is 0.645. The summed E-state index contributed by atoms with van der Waals surface area (Å²) in [7, 11) is 0. The Morgan fingerprint density at radius 2 is 2.17 bits per heavy atom. The molecule has 0 aromatic rings. The number of hydrogen-bond acceptors (Lipinski definition) is 2. The molecule has 0 aromatic heterocycles. The van der Waals surface area contributed by atoms with Gasteiger partial charge in [0.05, 0.1) is 0 Å². The average molecular weight is 187 g/mol. The van der Waals surface area contributed by atoms with Gasteiger partial charge in [0, 0.05) is 5.25 Å². The van der Waals surface area contributed by atoms with E-state index in [0.29, 0.717) is 0 Å². The summed E-state index contributed by atoms with van der Waals surface area (Å²) in [5, 5.41) is 4.19. The van der Waals surface area contributed by atoms with Crippen molar-refractivity contribution < 1.29 is 0 Å². The van der Waals surface area contributed by atoms with Crippen molar-refractivity contribution in [3.8, 4) is 0 Å². The van der Waals surface area contributed by atoms with Gasteiger partial charge in [-0.1, -0.05) is 12.5 Å². The highest BCUT2D eigenvalue weighted by Gasteiger charge is 1.97. The van der Waals surface area contributed by atoms with Crippen LogP contribution >= 0.6 is 11.8 Å². The van der Waals surface area contributed by atoms with Crippen LogP contribution < -0.4 is 5.32 Å².